The number of methoxy groups -OCH3 is 1. The fourth-order valence-corrected chi connectivity index (χ4v) is 1.47. The van der Waals surface area contributed by atoms with Crippen molar-refractivity contribution in [3.63, 3.8) is 0 Å². The van der Waals surface area contributed by atoms with Gasteiger partial charge >= 0.3 is 5.97 Å². The lowest BCUT2D eigenvalue weighted by Gasteiger charge is -2.22. The van der Waals surface area contributed by atoms with Gasteiger partial charge in [0.25, 0.3) is 0 Å². The summed E-state index contributed by atoms with van der Waals surface area (Å²) in [6.07, 6.45) is 0. The van der Waals surface area contributed by atoms with Gasteiger partial charge in [-0.05, 0) is 26.5 Å². The number of carbonyl (C=O) groups is 1. The van der Waals surface area contributed by atoms with Crippen LogP contribution in [0.15, 0.2) is 24.3 Å². The Balaban J connectivity index is 2.60. The molecule has 0 bridgehead atoms. The molecule has 0 aliphatic heterocycles. The van der Waals surface area contributed by atoms with Crippen LogP contribution in [0.5, 0.6) is 0 Å². The third-order valence-corrected chi connectivity index (χ3v) is 2.76. The van der Waals surface area contributed by atoms with E-state index in [0.717, 1.165) is 6.54 Å². The van der Waals surface area contributed by atoms with Gasteiger partial charge in [0.05, 0.1) is 7.11 Å². The second kappa shape index (κ2) is 5.66. The number of aryl methyl sites for hydroxylation is 1. The minimum absolute atomic E-state index is 0.199. The summed E-state index contributed by atoms with van der Waals surface area (Å²) in [5.74, 6) is -0.199. The molecule has 0 fully saturated rings. The van der Waals surface area contributed by atoms with Gasteiger partial charge in [-0.2, -0.15) is 0 Å². The van der Waals surface area contributed by atoms with E-state index in [1.807, 2.05) is 18.9 Å². The third-order valence-electron chi connectivity index (χ3n) is 2.76. The Morgan fingerprint density at radius 1 is 1.38 bits per heavy atom. The molecule has 3 heteroatoms. The maximum absolute atomic E-state index is 11.3. The van der Waals surface area contributed by atoms with Crippen LogP contribution in [0.25, 0.3) is 0 Å². The van der Waals surface area contributed by atoms with E-state index in [9.17, 15) is 4.79 Å². The number of hydrogen-bond donors (Lipinski definition) is 0. The Morgan fingerprint density at radius 3 is 2.44 bits per heavy atom. The zero-order valence-corrected chi connectivity index (χ0v) is 10.4. The Kier molecular flexibility index (Phi) is 4.50. The van der Waals surface area contributed by atoms with Crippen molar-refractivity contribution < 1.29 is 9.53 Å². The fraction of sp³-hybridized carbons (Fsp3) is 0.462. The Labute approximate surface area is 97.0 Å². The van der Waals surface area contributed by atoms with Crippen molar-refractivity contribution >= 4 is 5.97 Å². The molecule has 0 saturated heterocycles. The lowest BCUT2D eigenvalue weighted by atomic mass is 10.1. The van der Waals surface area contributed by atoms with Crippen LogP contribution in [0.1, 0.15) is 18.1 Å². The summed E-state index contributed by atoms with van der Waals surface area (Å²) in [6.45, 7) is 4.65. The standard InChI is InChI=1S/C13H19NO2/c1-10-5-7-12(8-6-10)9-14(3)11(2)13(15)16-4/h5-8,11H,9H2,1-4H3. The monoisotopic (exact) mass is 221 g/mol. The number of likely N-dealkylation sites (N-methyl/N-ethyl adjacent to an activating group) is 1. The van der Waals surface area contributed by atoms with Crippen molar-refractivity contribution in [3.05, 3.63) is 35.4 Å². The predicted octanol–water partition coefficient (Wildman–Crippen LogP) is 1.99. The van der Waals surface area contributed by atoms with E-state index in [-0.39, 0.29) is 12.0 Å². The Morgan fingerprint density at radius 2 is 1.94 bits per heavy atom. The minimum atomic E-state index is -0.216. The van der Waals surface area contributed by atoms with Crippen molar-refractivity contribution in [1.82, 2.24) is 4.90 Å². The van der Waals surface area contributed by atoms with Crippen LogP contribution in [0.4, 0.5) is 0 Å². The molecular formula is C13H19NO2. The molecule has 1 aromatic carbocycles. The average Bonchev–Trinajstić information content (AvgIpc) is 2.30. The van der Waals surface area contributed by atoms with E-state index in [2.05, 4.69) is 31.2 Å². The molecule has 16 heavy (non-hydrogen) atoms. The average molecular weight is 221 g/mol. The topological polar surface area (TPSA) is 29.5 Å². The van der Waals surface area contributed by atoms with E-state index >= 15 is 0 Å². The summed E-state index contributed by atoms with van der Waals surface area (Å²) in [5.41, 5.74) is 2.44. The first-order valence-corrected chi connectivity index (χ1v) is 5.38. The largest absolute Gasteiger partial charge is 0.468 e. The van der Waals surface area contributed by atoms with Crippen molar-refractivity contribution in [2.45, 2.75) is 26.4 Å². The highest BCUT2D eigenvalue weighted by atomic mass is 16.5. The van der Waals surface area contributed by atoms with Crippen LogP contribution in [0.2, 0.25) is 0 Å². The summed E-state index contributed by atoms with van der Waals surface area (Å²) in [6, 6.07) is 8.09. The first kappa shape index (κ1) is 12.7. The van der Waals surface area contributed by atoms with E-state index in [1.54, 1.807) is 0 Å². The molecule has 3 nitrogen and oxygen atoms in total. The summed E-state index contributed by atoms with van der Waals surface area (Å²) in [4.78, 5) is 13.3. The normalized spacial score (nSPS) is 12.6. The van der Waals surface area contributed by atoms with Crippen LogP contribution in [-0.4, -0.2) is 31.1 Å². The molecule has 0 aliphatic rings. The van der Waals surface area contributed by atoms with Gasteiger partial charge in [0.15, 0.2) is 0 Å². The molecular weight excluding hydrogens is 202 g/mol. The second-order valence-corrected chi connectivity index (χ2v) is 4.10. The Bertz CT molecular complexity index is 345. The maximum Gasteiger partial charge on any atom is 0.322 e. The zero-order chi connectivity index (χ0) is 12.1. The number of carbonyl (C=O) groups excluding carboxylic acids is 1. The van der Waals surface area contributed by atoms with Gasteiger partial charge in [-0.1, -0.05) is 29.8 Å². The Hall–Kier alpha value is -1.35. The van der Waals surface area contributed by atoms with Gasteiger partial charge < -0.3 is 4.74 Å². The van der Waals surface area contributed by atoms with E-state index in [0.29, 0.717) is 0 Å². The van der Waals surface area contributed by atoms with Crippen molar-refractivity contribution in [2.75, 3.05) is 14.2 Å². The molecule has 0 N–H and O–H groups in total. The number of ether oxygens (including phenoxy) is 1. The van der Waals surface area contributed by atoms with Crippen LogP contribution in [-0.2, 0) is 16.1 Å². The maximum atomic E-state index is 11.3. The molecule has 88 valence electrons. The number of rotatable bonds is 4. The van der Waals surface area contributed by atoms with E-state index in [1.165, 1.54) is 18.2 Å². The van der Waals surface area contributed by atoms with Crippen LogP contribution in [0, 0.1) is 6.92 Å². The van der Waals surface area contributed by atoms with Gasteiger partial charge in [0, 0.05) is 6.54 Å². The molecule has 0 amide bonds. The lowest BCUT2D eigenvalue weighted by Crippen LogP contribution is -2.36. The smallest absolute Gasteiger partial charge is 0.322 e. The van der Waals surface area contributed by atoms with Gasteiger partial charge in [0.1, 0.15) is 6.04 Å². The number of nitrogens with zero attached hydrogens (tertiary/aromatic N) is 1. The van der Waals surface area contributed by atoms with E-state index < -0.39 is 0 Å². The summed E-state index contributed by atoms with van der Waals surface area (Å²) in [7, 11) is 3.33. The van der Waals surface area contributed by atoms with Gasteiger partial charge in [0.2, 0.25) is 0 Å². The molecule has 1 atom stereocenters. The van der Waals surface area contributed by atoms with Crippen LogP contribution < -0.4 is 0 Å². The summed E-state index contributed by atoms with van der Waals surface area (Å²) < 4.78 is 4.71. The number of esters is 1. The SMILES string of the molecule is COC(=O)C(C)N(C)Cc1ccc(C)cc1. The van der Waals surface area contributed by atoms with Crippen molar-refractivity contribution in [1.29, 1.82) is 0 Å². The molecule has 0 heterocycles. The first-order chi connectivity index (χ1) is 7.54. The molecule has 1 rings (SSSR count). The number of benzene rings is 1. The third kappa shape index (κ3) is 3.35. The molecule has 0 spiro atoms. The van der Waals surface area contributed by atoms with Crippen molar-refractivity contribution in [2.24, 2.45) is 0 Å². The predicted molar refractivity (Wildman–Crippen MR) is 64.1 cm³/mol. The minimum Gasteiger partial charge on any atom is -0.468 e. The number of hydrogen-bond acceptors (Lipinski definition) is 3. The van der Waals surface area contributed by atoms with Gasteiger partial charge in [-0.15, -0.1) is 0 Å². The highest BCUT2D eigenvalue weighted by molar-refractivity contribution is 5.75. The molecule has 1 unspecified atom stereocenters. The van der Waals surface area contributed by atoms with Gasteiger partial charge in [-0.3, -0.25) is 9.69 Å². The molecule has 0 radical (unpaired) electrons. The highest BCUT2D eigenvalue weighted by Gasteiger charge is 2.18. The fourth-order valence-electron chi connectivity index (χ4n) is 1.47. The first-order valence-electron chi connectivity index (χ1n) is 5.38. The van der Waals surface area contributed by atoms with Gasteiger partial charge in [-0.25, -0.2) is 0 Å². The van der Waals surface area contributed by atoms with Crippen LogP contribution in [0.3, 0.4) is 0 Å². The van der Waals surface area contributed by atoms with Crippen molar-refractivity contribution in [3.8, 4) is 0 Å². The van der Waals surface area contributed by atoms with E-state index in [4.69, 9.17) is 4.74 Å². The van der Waals surface area contributed by atoms with Crippen LogP contribution >= 0.6 is 0 Å². The highest BCUT2D eigenvalue weighted by Crippen LogP contribution is 2.08. The molecule has 0 aromatic heterocycles. The molecule has 0 aliphatic carbocycles. The summed E-state index contributed by atoms with van der Waals surface area (Å²) >= 11 is 0. The zero-order valence-electron chi connectivity index (χ0n) is 10.4. The molecule has 1 aromatic rings. The quantitative estimate of drug-likeness (QED) is 0.728. The lowest BCUT2D eigenvalue weighted by molar-refractivity contribution is -0.145. The molecule has 0 saturated carbocycles. The summed E-state index contributed by atoms with van der Waals surface area (Å²) in [5, 5.41) is 0. The second-order valence-electron chi connectivity index (χ2n) is 4.10.